The molecule has 0 N–H and O–H groups in total. The minimum absolute atomic E-state index is 0.0128. The molecule has 2 saturated heterocycles. The van der Waals surface area contributed by atoms with Crippen LogP contribution in [0.15, 0.2) is 47.4 Å². The van der Waals surface area contributed by atoms with Crippen molar-refractivity contribution < 1.29 is 13.2 Å². The zero-order valence-electron chi connectivity index (χ0n) is 17.2. The molecule has 4 rings (SSSR count). The largest absolute Gasteiger partial charge is 0.335 e. The molecular formula is C22H29N3O3S2. The molecule has 6 nitrogen and oxygen atoms in total. The number of hydrogen-bond acceptors (Lipinski definition) is 5. The predicted octanol–water partition coefficient (Wildman–Crippen LogP) is 3.27. The van der Waals surface area contributed by atoms with Crippen LogP contribution >= 0.6 is 11.3 Å². The number of sulfonamides is 1. The first-order chi connectivity index (χ1) is 14.5. The molecule has 3 heterocycles. The predicted molar refractivity (Wildman–Crippen MR) is 119 cm³/mol. The highest BCUT2D eigenvalue weighted by Crippen LogP contribution is 2.23. The smallest absolute Gasteiger partial charge is 0.264 e. The third-order valence-electron chi connectivity index (χ3n) is 5.86. The second-order valence-corrected chi connectivity index (χ2v) is 11.1. The SMILES string of the molecule is O=C(c1ccc(CN2CCCCCC2)s1)N1CCN(S(=O)(=O)c2ccccc2)CC1. The first-order valence-electron chi connectivity index (χ1n) is 10.7. The number of nitrogens with zero attached hydrogens (tertiary/aromatic N) is 3. The average molecular weight is 448 g/mol. The Hall–Kier alpha value is -1.74. The van der Waals surface area contributed by atoms with E-state index in [1.807, 2.05) is 6.07 Å². The van der Waals surface area contributed by atoms with Crippen LogP contribution < -0.4 is 0 Å². The van der Waals surface area contributed by atoms with Crippen molar-refractivity contribution in [3.8, 4) is 0 Å². The lowest BCUT2D eigenvalue weighted by atomic mass is 10.2. The molecular weight excluding hydrogens is 418 g/mol. The molecule has 8 heteroatoms. The molecule has 0 radical (unpaired) electrons. The summed E-state index contributed by atoms with van der Waals surface area (Å²) in [5.74, 6) is 0.0128. The topological polar surface area (TPSA) is 60.9 Å². The fourth-order valence-corrected chi connectivity index (χ4v) is 6.58. The fraction of sp³-hybridized carbons (Fsp3) is 0.500. The summed E-state index contributed by atoms with van der Waals surface area (Å²) >= 11 is 1.57. The lowest BCUT2D eigenvalue weighted by Crippen LogP contribution is -2.50. The summed E-state index contributed by atoms with van der Waals surface area (Å²) < 4.78 is 27.0. The van der Waals surface area contributed by atoms with Crippen molar-refractivity contribution in [1.29, 1.82) is 0 Å². The average Bonchev–Trinajstić information content (AvgIpc) is 3.09. The van der Waals surface area contributed by atoms with Crippen LogP contribution in [0, 0.1) is 0 Å². The number of rotatable bonds is 5. The second kappa shape index (κ2) is 9.60. The van der Waals surface area contributed by atoms with Gasteiger partial charge in [0.25, 0.3) is 5.91 Å². The van der Waals surface area contributed by atoms with Crippen molar-refractivity contribution in [2.45, 2.75) is 37.1 Å². The molecule has 162 valence electrons. The van der Waals surface area contributed by atoms with Gasteiger partial charge in [-0.3, -0.25) is 9.69 Å². The van der Waals surface area contributed by atoms with Crippen LogP contribution in [0.4, 0.5) is 0 Å². The third kappa shape index (κ3) is 4.94. The summed E-state index contributed by atoms with van der Waals surface area (Å²) in [4.78, 5) is 19.5. The van der Waals surface area contributed by atoms with Gasteiger partial charge in [-0.25, -0.2) is 8.42 Å². The van der Waals surface area contributed by atoms with E-state index < -0.39 is 10.0 Å². The number of carbonyl (C=O) groups is 1. The van der Waals surface area contributed by atoms with Crippen molar-refractivity contribution in [2.24, 2.45) is 0 Å². The number of benzene rings is 1. The summed E-state index contributed by atoms with van der Waals surface area (Å²) in [5.41, 5.74) is 0. The molecule has 2 aromatic rings. The highest BCUT2D eigenvalue weighted by Gasteiger charge is 2.30. The number of likely N-dealkylation sites (tertiary alicyclic amines) is 1. The van der Waals surface area contributed by atoms with Crippen molar-refractivity contribution >= 4 is 27.3 Å². The summed E-state index contributed by atoms with van der Waals surface area (Å²) in [6, 6.07) is 12.5. The molecule has 0 aliphatic carbocycles. The molecule has 0 unspecified atom stereocenters. The van der Waals surface area contributed by atoms with Gasteiger partial charge in [-0.15, -0.1) is 11.3 Å². The van der Waals surface area contributed by atoms with Gasteiger partial charge in [0.2, 0.25) is 10.0 Å². The molecule has 0 atom stereocenters. The van der Waals surface area contributed by atoms with Gasteiger partial charge in [0.15, 0.2) is 0 Å². The van der Waals surface area contributed by atoms with E-state index in [1.54, 1.807) is 46.6 Å². The van der Waals surface area contributed by atoms with Gasteiger partial charge >= 0.3 is 0 Å². The Morgan fingerprint density at radius 3 is 2.17 bits per heavy atom. The Bertz CT molecular complexity index is 943. The molecule has 0 bridgehead atoms. The molecule has 30 heavy (non-hydrogen) atoms. The highest BCUT2D eigenvalue weighted by atomic mass is 32.2. The first-order valence-corrected chi connectivity index (χ1v) is 13.0. The molecule has 1 aromatic heterocycles. The Labute approximate surface area is 183 Å². The van der Waals surface area contributed by atoms with Gasteiger partial charge in [-0.2, -0.15) is 4.31 Å². The molecule has 1 amide bonds. The summed E-state index contributed by atoms with van der Waals surface area (Å²) in [5, 5.41) is 0. The van der Waals surface area contributed by atoms with Gasteiger partial charge in [0, 0.05) is 37.6 Å². The van der Waals surface area contributed by atoms with E-state index in [9.17, 15) is 13.2 Å². The van der Waals surface area contributed by atoms with Gasteiger partial charge < -0.3 is 4.90 Å². The Kier molecular flexibility index (Phi) is 6.87. The first kappa shape index (κ1) is 21.5. The lowest BCUT2D eigenvalue weighted by molar-refractivity contribution is 0.0703. The van der Waals surface area contributed by atoms with Crippen LogP contribution in [0.2, 0.25) is 0 Å². The van der Waals surface area contributed by atoms with Crippen LogP contribution in [-0.2, 0) is 16.6 Å². The van der Waals surface area contributed by atoms with Crippen LogP contribution in [-0.4, -0.2) is 67.7 Å². The Morgan fingerprint density at radius 1 is 0.833 bits per heavy atom. The normalized spacial score (nSPS) is 19.5. The minimum atomic E-state index is -3.50. The third-order valence-corrected chi connectivity index (χ3v) is 8.83. The number of amides is 1. The molecule has 0 spiro atoms. The van der Waals surface area contributed by atoms with E-state index in [0.29, 0.717) is 31.1 Å². The van der Waals surface area contributed by atoms with Gasteiger partial charge in [-0.05, 0) is 50.2 Å². The highest BCUT2D eigenvalue weighted by molar-refractivity contribution is 7.89. The lowest BCUT2D eigenvalue weighted by Gasteiger charge is -2.33. The van der Waals surface area contributed by atoms with Crippen molar-refractivity contribution in [1.82, 2.24) is 14.1 Å². The molecule has 0 saturated carbocycles. The zero-order chi connectivity index (χ0) is 21.0. The van der Waals surface area contributed by atoms with E-state index >= 15 is 0 Å². The van der Waals surface area contributed by atoms with Gasteiger partial charge in [-0.1, -0.05) is 31.0 Å². The Balaban J connectivity index is 1.34. The second-order valence-electron chi connectivity index (χ2n) is 7.97. The van der Waals surface area contributed by atoms with Crippen LogP contribution in [0.25, 0.3) is 0 Å². The molecule has 2 aliphatic heterocycles. The number of thiophene rings is 1. The summed E-state index contributed by atoms with van der Waals surface area (Å²) in [6.45, 7) is 4.69. The summed E-state index contributed by atoms with van der Waals surface area (Å²) in [7, 11) is -3.50. The Morgan fingerprint density at radius 2 is 1.50 bits per heavy atom. The van der Waals surface area contributed by atoms with Crippen molar-refractivity contribution in [3.63, 3.8) is 0 Å². The van der Waals surface area contributed by atoms with E-state index in [2.05, 4.69) is 11.0 Å². The van der Waals surface area contributed by atoms with E-state index in [4.69, 9.17) is 0 Å². The summed E-state index contributed by atoms with van der Waals surface area (Å²) in [6.07, 6.45) is 5.15. The van der Waals surface area contributed by atoms with E-state index in [0.717, 1.165) is 24.5 Å². The molecule has 1 aromatic carbocycles. The number of carbonyl (C=O) groups excluding carboxylic acids is 1. The zero-order valence-corrected chi connectivity index (χ0v) is 18.8. The number of hydrogen-bond donors (Lipinski definition) is 0. The van der Waals surface area contributed by atoms with E-state index in [-0.39, 0.29) is 5.91 Å². The maximum atomic E-state index is 12.9. The fourth-order valence-electron chi connectivity index (χ4n) is 4.12. The quantitative estimate of drug-likeness (QED) is 0.706. The van der Waals surface area contributed by atoms with Crippen LogP contribution in [0.3, 0.4) is 0 Å². The van der Waals surface area contributed by atoms with Crippen molar-refractivity contribution in [2.75, 3.05) is 39.3 Å². The number of piperazine rings is 1. The van der Waals surface area contributed by atoms with E-state index in [1.165, 1.54) is 34.9 Å². The van der Waals surface area contributed by atoms with Gasteiger partial charge in [0.1, 0.15) is 0 Å². The maximum Gasteiger partial charge on any atom is 0.264 e. The van der Waals surface area contributed by atoms with Gasteiger partial charge in [0.05, 0.1) is 9.77 Å². The van der Waals surface area contributed by atoms with Crippen LogP contribution in [0.5, 0.6) is 0 Å². The standard InChI is InChI=1S/C22H29N3O3S2/c26-22(21-11-10-19(29-21)18-23-12-6-1-2-7-13-23)24-14-16-25(17-15-24)30(27,28)20-8-4-3-5-9-20/h3-5,8-11H,1-2,6-7,12-18H2. The minimum Gasteiger partial charge on any atom is -0.335 e. The van der Waals surface area contributed by atoms with Crippen LogP contribution in [0.1, 0.15) is 40.2 Å². The van der Waals surface area contributed by atoms with Crippen molar-refractivity contribution in [3.05, 3.63) is 52.2 Å². The molecule has 2 fully saturated rings. The monoisotopic (exact) mass is 447 g/mol. The maximum absolute atomic E-state index is 12.9. The molecule has 2 aliphatic rings.